The molecule has 2 aliphatic rings. The fourth-order valence-electron chi connectivity index (χ4n) is 2.15. The zero-order valence-electron chi connectivity index (χ0n) is 8.50. The van der Waals surface area contributed by atoms with Gasteiger partial charge in [0.1, 0.15) is 0 Å². The average molecular weight is 198 g/mol. The number of carbonyl (C=O) groups is 1. The van der Waals surface area contributed by atoms with Crippen LogP contribution in [0.2, 0.25) is 0 Å². The molecule has 14 heavy (non-hydrogen) atoms. The molecule has 0 radical (unpaired) electrons. The lowest BCUT2D eigenvalue weighted by Crippen LogP contribution is -2.44. The van der Waals surface area contributed by atoms with E-state index in [1.54, 1.807) is 0 Å². The Bertz CT molecular complexity index is 202. The molecule has 4 heteroatoms. The molecule has 0 aromatic carbocycles. The number of nitrogens with one attached hydrogen (secondary N) is 1. The predicted molar refractivity (Wildman–Crippen MR) is 53.1 cm³/mol. The van der Waals surface area contributed by atoms with Crippen LogP contribution in [0, 0.1) is 5.92 Å². The topological polar surface area (TPSA) is 41.6 Å². The maximum absolute atomic E-state index is 11.4. The Morgan fingerprint density at radius 3 is 3.14 bits per heavy atom. The summed E-state index contributed by atoms with van der Waals surface area (Å²) in [5.74, 6) is 0.620. The molecular weight excluding hydrogens is 180 g/mol. The third-order valence-corrected chi connectivity index (χ3v) is 2.93. The molecule has 2 heterocycles. The van der Waals surface area contributed by atoms with E-state index in [1.165, 1.54) is 12.8 Å². The third kappa shape index (κ3) is 2.38. The van der Waals surface area contributed by atoms with Gasteiger partial charge in [-0.05, 0) is 38.3 Å². The largest absolute Gasteiger partial charge is 0.449 e. The van der Waals surface area contributed by atoms with Crippen LogP contribution >= 0.6 is 0 Å². The number of carbonyl (C=O) groups excluding carboxylic acids is 1. The van der Waals surface area contributed by atoms with E-state index in [1.807, 2.05) is 4.90 Å². The molecule has 0 aromatic heterocycles. The first-order valence-corrected chi connectivity index (χ1v) is 5.48. The van der Waals surface area contributed by atoms with Gasteiger partial charge < -0.3 is 15.0 Å². The zero-order chi connectivity index (χ0) is 9.80. The second kappa shape index (κ2) is 4.64. The van der Waals surface area contributed by atoms with Crippen molar-refractivity contribution in [2.45, 2.75) is 19.3 Å². The molecule has 1 atom stereocenters. The lowest BCUT2D eigenvalue weighted by molar-refractivity contribution is 0.0645. The van der Waals surface area contributed by atoms with Crippen LogP contribution in [0.1, 0.15) is 19.3 Å². The van der Waals surface area contributed by atoms with Crippen LogP contribution in [0.3, 0.4) is 0 Å². The van der Waals surface area contributed by atoms with Gasteiger partial charge in [-0.1, -0.05) is 0 Å². The molecule has 1 amide bonds. The highest BCUT2D eigenvalue weighted by Crippen LogP contribution is 2.14. The van der Waals surface area contributed by atoms with Gasteiger partial charge in [0.15, 0.2) is 0 Å². The van der Waals surface area contributed by atoms with Gasteiger partial charge in [-0.25, -0.2) is 4.79 Å². The van der Waals surface area contributed by atoms with Gasteiger partial charge in [0.05, 0.1) is 6.61 Å². The minimum Gasteiger partial charge on any atom is -0.449 e. The summed E-state index contributed by atoms with van der Waals surface area (Å²) in [7, 11) is 0. The Kier molecular flexibility index (Phi) is 3.24. The summed E-state index contributed by atoms with van der Waals surface area (Å²) in [6.07, 6.45) is 3.32. The first kappa shape index (κ1) is 9.77. The number of amides is 1. The Labute approximate surface area is 84.6 Å². The van der Waals surface area contributed by atoms with E-state index in [0.717, 1.165) is 32.6 Å². The normalized spacial score (nSPS) is 28.7. The van der Waals surface area contributed by atoms with E-state index < -0.39 is 0 Å². The van der Waals surface area contributed by atoms with Gasteiger partial charge in [-0.2, -0.15) is 0 Å². The lowest BCUT2D eigenvalue weighted by Gasteiger charge is -2.31. The molecule has 0 aromatic rings. The molecule has 0 saturated carbocycles. The van der Waals surface area contributed by atoms with E-state index in [4.69, 9.17) is 4.74 Å². The minimum absolute atomic E-state index is 0.123. The van der Waals surface area contributed by atoms with E-state index in [0.29, 0.717) is 12.5 Å². The van der Waals surface area contributed by atoms with Crippen LogP contribution in [0.25, 0.3) is 0 Å². The number of hydrogen-bond donors (Lipinski definition) is 1. The highest BCUT2D eigenvalue weighted by atomic mass is 16.6. The first-order chi connectivity index (χ1) is 6.86. The number of rotatable bonds is 2. The molecular formula is C10H18N2O2. The standard InChI is InChI=1S/C10H18N2O2/c13-10-12(5-2-6-14-10)8-9-3-1-4-11-7-9/h9,11H,1-8H2. The smallest absolute Gasteiger partial charge is 0.409 e. The van der Waals surface area contributed by atoms with Crippen LogP contribution in [0.4, 0.5) is 4.79 Å². The van der Waals surface area contributed by atoms with Crippen molar-refractivity contribution in [3.63, 3.8) is 0 Å². The summed E-state index contributed by atoms with van der Waals surface area (Å²) in [6.45, 7) is 4.50. The average Bonchev–Trinajstić information content (AvgIpc) is 2.23. The van der Waals surface area contributed by atoms with Crippen LogP contribution in [0.5, 0.6) is 0 Å². The minimum atomic E-state index is -0.123. The van der Waals surface area contributed by atoms with E-state index >= 15 is 0 Å². The summed E-state index contributed by atoms with van der Waals surface area (Å²) in [5, 5.41) is 3.36. The summed E-state index contributed by atoms with van der Waals surface area (Å²) in [4.78, 5) is 13.2. The second-order valence-electron chi connectivity index (χ2n) is 4.13. The molecule has 0 aliphatic carbocycles. The summed E-state index contributed by atoms with van der Waals surface area (Å²) in [6, 6.07) is 0. The molecule has 0 bridgehead atoms. The molecule has 0 spiro atoms. The highest BCUT2D eigenvalue weighted by molar-refractivity contribution is 5.68. The molecule has 1 N–H and O–H groups in total. The van der Waals surface area contributed by atoms with Crippen LogP contribution in [-0.2, 0) is 4.74 Å². The molecule has 2 rings (SSSR count). The van der Waals surface area contributed by atoms with Gasteiger partial charge >= 0.3 is 6.09 Å². The molecule has 2 fully saturated rings. The molecule has 4 nitrogen and oxygen atoms in total. The summed E-state index contributed by atoms with van der Waals surface area (Å²) in [5.41, 5.74) is 0. The van der Waals surface area contributed by atoms with E-state index in [9.17, 15) is 4.79 Å². The van der Waals surface area contributed by atoms with Gasteiger partial charge in [0.2, 0.25) is 0 Å². The first-order valence-electron chi connectivity index (χ1n) is 5.48. The van der Waals surface area contributed by atoms with Gasteiger partial charge in [0.25, 0.3) is 0 Å². The number of hydrogen-bond acceptors (Lipinski definition) is 3. The van der Waals surface area contributed by atoms with Crippen molar-refractivity contribution >= 4 is 6.09 Å². The summed E-state index contributed by atoms with van der Waals surface area (Å²) >= 11 is 0. The van der Waals surface area contributed by atoms with Crippen molar-refractivity contribution in [3.05, 3.63) is 0 Å². The Morgan fingerprint density at radius 1 is 1.50 bits per heavy atom. The Hall–Kier alpha value is -0.770. The predicted octanol–water partition coefficient (Wildman–Crippen LogP) is 0.828. The van der Waals surface area contributed by atoms with Crippen molar-refractivity contribution < 1.29 is 9.53 Å². The number of cyclic esters (lactones) is 1. The fourth-order valence-corrected chi connectivity index (χ4v) is 2.15. The van der Waals surface area contributed by atoms with E-state index in [2.05, 4.69) is 5.32 Å². The molecule has 2 aliphatic heterocycles. The quantitative estimate of drug-likeness (QED) is 0.714. The monoisotopic (exact) mass is 198 g/mol. The van der Waals surface area contributed by atoms with Crippen molar-refractivity contribution in [1.82, 2.24) is 10.2 Å². The van der Waals surface area contributed by atoms with Crippen LogP contribution in [-0.4, -0.2) is 43.8 Å². The number of ether oxygens (including phenoxy) is 1. The SMILES string of the molecule is O=C1OCCCN1CC1CCCNC1. The van der Waals surface area contributed by atoms with Crippen molar-refractivity contribution in [2.75, 3.05) is 32.8 Å². The maximum Gasteiger partial charge on any atom is 0.409 e. The maximum atomic E-state index is 11.4. The number of nitrogens with zero attached hydrogens (tertiary/aromatic N) is 1. The molecule has 1 unspecified atom stereocenters. The second-order valence-corrected chi connectivity index (χ2v) is 4.13. The summed E-state index contributed by atoms with van der Waals surface area (Å²) < 4.78 is 5.00. The van der Waals surface area contributed by atoms with Gasteiger partial charge in [-0.15, -0.1) is 0 Å². The fraction of sp³-hybridized carbons (Fsp3) is 0.900. The van der Waals surface area contributed by atoms with Crippen LogP contribution in [0.15, 0.2) is 0 Å². The Balaban J connectivity index is 1.79. The third-order valence-electron chi connectivity index (χ3n) is 2.93. The van der Waals surface area contributed by atoms with Crippen molar-refractivity contribution in [3.8, 4) is 0 Å². The van der Waals surface area contributed by atoms with Gasteiger partial charge in [0, 0.05) is 13.1 Å². The molecule has 80 valence electrons. The number of piperidine rings is 1. The van der Waals surface area contributed by atoms with Gasteiger partial charge in [-0.3, -0.25) is 0 Å². The lowest BCUT2D eigenvalue weighted by atomic mass is 9.99. The highest BCUT2D eigenvalue weighted by Gasteiger charge is 2.23. The van der Waals surface area contributed by atoms with Crippen LogP contribution < -0.4 is 5.32 Å². The Morgan fingerprint density at radius 2 is 2.43 bits per heavy atom. The van der Waals surface area contributed by atoms with E-state index in [-0.39, 0.29) is 6.09 Å². The zero-order valence-corrected chi connectivity index (χ0v) is 8.50. The van der Waals surface area contributed by atoms with Crippen molar-refractivity contribution in [2.24, 2.45) is 5.92 Å². The van der Waals surface area contributed by atoms with Crippen molar-refractivity contribution in [1.29, 1.82) is 0 Å². The molecule has 2 saturated heterocycles.